The molecule has 2 aromatic carbocycles. The summed E-state index contributed by atoms with van der Waals surface area (Å²) < 4.78 is 1.82. The normalized spacial score (nSPS) is 16.5. The molecule has 2 heterocycles. The molecule has 0 unspecified atom stereocenters. The molecule has 1 saturated heterocycles. The van der Waals surface area contributed by atoms with Crippen LogP contribution in [0.15, 0.2) is 67.0 Å². The van der Waals surface area contributed by atoms with Crippen LogP contribution in [0.4, 0.5) is 0 Å². The first-order valence-corrected chi connectivity index (χ1v) is 9.75. The number of hydrogen-bond donors (Lipinski definition) is 1. The van der Waals surface area contributed by atoms with Gasteiger partial charge in [0.25, 0.3) is 5.91 Å². The van der Waals surface area contributed by atoms with Crippen molar-refractivity contribution in [3.8, 4) is 0 Å². The van der Waals surface area contributed by atoms with E-state index in [-0.39, 0.29) is 12.5 Å². The molecule has 1 aromatic heterocycles. The molecule has 1 amide bonds. The lowest BCUT2D eigenvalue weighted by Gasteiger charge is -2.15. The summed E-state index contributed by atoms with van der Waals surface area (Å²) >= 11 is 0. The molecule has 1 fully saturated rings. The Kier molecular flexibility index (Phi) is 5.53. The van der Waals surface area contributed by atoms with E-state index in [1.54, 1.807) is 6.20 Å². The molecule has 0 saturated carbocycles. The van der Waals surface area contributed by atoms with Gasteiger partial charge in [0.05, 0.1) is 24.9 Å². The molecule has 1 aliphatic heterocycles. The standard InChI is InChI=1S/C23H25N3O2/c27-17-20-8-6-18(7-9-20)12-21-10-11-25(14-21)23(28)22-13-24-26(16-22)15-19-4-2-1-3-5-19/h1-9,13,16,21,27H,10-12,14-15,17H2/t21-/m1/s1. The highest BCUT2D eigenvalue weighted by molar-refractivity contribution is 5.93. The minimum absolute atomic E-state index is 0.0671. The van der Waals surface area contributed by atoms with Gasteiger partial charge in [-0.15, -0.1) is 0 Å². The monoisotopic (exact) mass is 375 g/mol. The van der Waals surface area contributed by atoms with Gasteiger partial charge >= 0.3 is 0 Å². The van der Waals surface area contributed by atoms with Crippen LogP contribution in [0.25, 0.3) is 0 Å². The van der Waals surface area contributed by atoms with Crippen molar-refractivity contribution in [3.63, 3.8) is 0 Å². The fourth-order valence-corrected chi connectivity index (χ4v) is 3.81. The number of amides is 1. The van der Waals surface area contributed by atoms with Gasteiger partial charge in [-0.2, -0.15) is 5.10 Å². The van der Waals surface area contributed by atoms with Crippen LogP contribution < -0.4 is 0 Å². The number of carbonyl (C=O) groups excluding carboxylic acids is 1. The van der Waals surface area contributed by atoms with Crippen LogP contribution >= 0.6 is 0 Å². The Balaban J connectivity index is 1.34. The summed E-state index contributed by atoms with van der Waals surface area (Å²) in [4.78, 5) is 14.8. The molecule has 0 bridgehead atoms. The largest absolute Gasteiger partial charge is 0.392 e. The Morgan fingerprint density at radius 1 is 1.04 bits per heavy atom. The van der Waals surface area contributed by atoms with Crippen molar-refractivity contribution in [1.29, 1.82) is 0 Å². The Bertz CT molecular complexity index is 919. The average Bonchev–Trinajstić information content (AvgIpc) is 3.39. The van der Waals surface area contributed by atoms with E-state index in [0.29, 0.717) is 18.0 Å². The first-order valence-electron chi connectivity index (χ1n) is 9.75. The van der Waals surface area contributed by atoms with Gasteiger partial charge in [0.15, 0.2) is 0 Å². The fraction of sp³-hybridized carbons (Fsp3) is 0.304. The van der Waals surface area contributed by atoms with Crippen molar-refractivity contribution in [2.24, 2.45) is 5.92 Å². The van der Waals surface area contributed by atoms with E-state index >= 15 is 0 Å². The molecular formula is C23H25N3O2. The van der Waals surface area contributed by atoms with E-state index in [1.165, 1.54) is 5.56 Å². The van der Waals surface area contributed by atoms with Crippen molar-refractivity contribution in [2.75, 3.05) is 13.1 Å². The van der Waals surface area contributed by atoms with Gasteiger partial charge in [0, 0.05) is 19.3 Å². The SMILES string of the molecule is O=C(c1cnn(Cc2ccccc2)c1)N1CC[C@H](Cc2ccc(CO)cc2)C1. The average molecular weight is 375 g/mol. The number of nitrogens with zero attached hydrogens (tertiary/aromatic N) is 3. The highest BCUT2D eigenvalue weighted by Crippen LogP contribution is 2.23. The van der Waals surface area contributed by atoms with Crippen molar-refractivity contribution in [1.82, 2.24) is 14.7 Å². The third-order valence-electron chi connectivity index (χ3n) is 5.37. The number of hydrogen-bond acceptors (Lipinski definition) is 3. The lowest BCUT2D eigenvalue weighted by atomic mass is 9.98. The molecule has 0 aliphatic carbocycles. The molecule has 1 aliphatic rings. The maximum Gasteiger partial charge on any atom is 0.257 e. The lowest BCUT2D eigenvalue weighted by Crippen LogP contribution is -2.28. The summed E-state index contributed by atoms with van der Waals surface area (Å²) in [5.74, 6) is 0.542. The zero-order valence-electron chi connectivity index (χ0n) is 15.9. The zero-order valence-corrected chi connectivity index (χ0v) is 15.9. The van der Waals surface area contributed by atoms with Gasteiger partial charge in [-0.25, -0.2) is 0 Å². The minimum Gasteiger partial charge on any atom is -0.392 e. The molecule has 1 N–H and O–H groups in total. The second kappa shape index (κ2) is 8.40. The molecule has 3 aromatic rings. The van der Waals surface area contributed by atoms with E-state index in [4.69, 9.17) is 5.11 Å². The summed E-state index contributed by atoms with van der Waals surface area (Å²) in [7, 11) is 0. The number of likely N-dealkylation sites (tertiary alicyclic amines) is 1. The molecule has 144 valence electrons. The van der Waals surface area contributed by atoms with E-state index in [9.17, 15) is 4.79 Å². The Morgan fingerprint density at radius 2 is 1.79 bits per heavy atom. The lowest BCUT2D eigenvalue weighted by molar-refractivity contribution is 0.0787. The van der Waals surface area contributed by atoms with Crippen LogP contribution in [0.1, 0.15) is 33.5 Å². The van der Waals surface area contributed by atoms with Crippen LogP contribution in [0, 0.1) is 5.92 Å². The third kappa shape index (κ3) is 4.31. The third-order valence-corrected chi connectivity index (χ3v) is 5.37. The number of aromatic nitrogens is 2. The topological polar surface area (TPSA) is 58.4 Å². The molecule has 5 heteroatoms. The van der Waals surface area contributed by atoms with Gasteiger partial charge in [-0.3, -0.25) is 9.48 Å². The molecule has 0 radical (unpaired) electrons. The molecule has 1 atom stereocenters. The Hall–Kier alpha value is -2.92. The van der Waals surface area contributed by atoms with E-state index in [1.807, 2.05) is 46.1 Å². The van der Waals surface area contributed by atoms with Gasteiger partial charge in [-0.1, -0.05) is 54.6 Å². The summed E-state index contributed by atoms with van der Waals surface area (Å²) in [5.41, 5.74) is 4.01. The van der Waals surface area contributed by atoms with Crippen LogP contribution in [0.5, 0.6) is 0 Å². The second-order valence-electron chi connectivity index (χ2n) is 7.50. The minimum atomic E-state index is 0.0671. The maximum atomic E-state index is 12.8. The predicted molar refractivity (Wildman–Crippen MR) is 108 cm³/mol. The molecule has 28 heavy (non-hydrogen) atoms. The van der Waals surface area contributed by atoms with Crippen LogP contribution in [-0.4, -0.2) is 38.8 Å². The van der Waals surface area contributed by atoms with Crippen LogP contribution in [0.2, 0.25) is 0 Å². The zero-order chi connectivity index (χ0) is 19.3. The summed E-state index contributed by atoms with van der Waals surface area (Å²) in [6.45, 7) is 2.32. The number of aliphatic hydroxyl groups excluding tert-OH is 1. The molecule has 0 spiro atoms. The second-order valence-corrected chi connectivity index (χ2v) is 7.50. The predicted octanol–water partition coefficient (Wildman–Crippen LogP) is 3.13. The van der Waals surface area contributed by atoms with Gasteiger partial charge in [0.1, 0.15) is 0 Å². The smallest absolute Gasteiger partial charge is 0.257 e. The summed E-state index contributed by atoms with van der Waals surface area (Å²) in [5, 5.41) is 13.5. The first kappa shape index (κ1) is 18.4. The van der Waals surface area contributed by atoms with Crippen molar-refractivity contribution < 1.29 is 9.90 Å². The van der Waals surface area contributed by atoms with E-state index < -0.39 is 0 Å². The molecule has 5 nitrogen and oxygen atoms in total. The Labute approximate surface area is 165 Å². The highest BCUT2D eigenvalue weighted by Gasteiger charge is 2.27. The summed E-state index contributed by atoms with van der Waals surface area (Å²) in [6.07, 6.45) is 5.50. The van der Waals surface area contributed by atoms with Gasteiger partial charge in [0.2, 0.25) is 0 Å². The van der Waals surface area contributed by atoms with Crippen LogP contribution in [0.3, 0.4) is 0 Å². The maximum absolute atomic E-state index is 12.8. The number of aliphatic hydroxyl groups is 1. The molecule has 4 rings (SSSR count). The number of rotatable bonds is 6. The van der Waals surface area contributed by atoms with Gasteiger partial charge < -0.3 is 10.0 Å². The highest BCUT2D eigenvalue weighted by atomic mass is 16.3. The van der Waals surface area contributed by atoms with Crippen molar-refractivity contribution >= 4 is 5.91 Å². The number of benzene rings is 2. The summed E-state index contributed by atoms with van der Waals surface area (Å²) in [6, 6.07) is 18.2. The first-order chi connectivity index (χ1) is 13.7. The van der Waals surface area contributed by atoms with Gasteiger partial charge in [-0.05, 0) is 35.4 Å². The van der Waals surface area contributed by atoms with Crippen LogP contribution in [-0.2, 0) is 19.6 Å². The number of carbonyl (C=O) groups is 1. The molecular weight excluding hydrogens is 350 g/mol. The van der Waals surface area contributed by atoms with E-state index in [2.05, 4.69) is 29.4 Å². The quantitative estimate of drug-likeness (QED) is 0.720. The fourth-order valence-electron chi connectivity index (χ4n) is 3.81. The van der Waals surface area contributed by atoms with Crippen molar-refractivity contribution in [2.45, 2.75) is 26.0 Å². The van der Waals surface area contributed by atoms with Crippen molar-refractivity contribution in [3.05, 3.63) is 89.2 Å². The Morgan fingerprint density at radius 3 is 2.54 bits per heavy atom. The van der Waals surface area contributed by atoms with E-state index in [0.717, 1.165) is 37.1 Å².